The molecule has 3 aromatic rings. The number of para-hydroxylation sites is 1. The summed E-state index contributed by atoms with van der Waals surface area (Å²) in [7, 11) is 4.10. The normalized spacial score (nSPS) is 24.2. The van der Waals surface area contributed by atoms with Crippen LogP contribution >= 0.6 is 0 Å². The maximum absolute atomic E-state index is 14.7. The first-order valence-corrected chi connectivity index (χ1v) is 10.4. The van der Waals surface area contributed by atoms with Crippen molar-refractivity contribution in [3.8, 4) is 11.3 Å². The van der Waals surface area contributed by atoms with Gasteiger partial charge in [0, 0.05) is 41.6 Å². The summed E-state index contributed by atoms with van der Waals surface area (Å²) in [4.78, 5) is 16.0. The van der Waals surface area contributed by atoms with E-state index >= 15 is 0 Å². The van der Waals surface area contributed by atoms with E-state index in [0.29, 0.717) is 28.9 Å². The molecule has 0 saturated carbocycles. The van der Waals surface area contributed by atoms with Crippen molar-refractivity contribution in [3.63, 3.8) is 0 Å². The van der Waals surface area contributed by atoms with Crippen molar-refractivity contribution in [1.82, 2.24) is 14.8 Å². The number of piperidine rings is 1. The second-order valence-corrected chi connectivity index (χ2v) is 8.47. The van der Waals surface area contributed by atoms with Crippen LogP contribution in [0.1, 0.15) is 36.0 Å². The van der Waals surface area contributed by atoms with Gasteiger partial charge in [0.1, 0.15) is 5.82 Å². The smallest absolute Gasteiger partial charge is 0.254 e. The lowest BCUT2D eigenvalue weighted by atomic mass is 9.97. The second kappa shape index (κ2) is 6.99. The van der Waals surface area contributed by atoms with E-state index in [2.05, 4.69) is 17.3 Å². The highest BCUT2D eigenvalue weighted by atomic mass is 19.1. The minimum Gasteiger partial charge on any atom is -0.349 e. The van der Waals surface area contributed by atoms with Crippen LogP contribution in [0.3, 0.4) is 0 Å². The Morgan fingerprint density at radius 2 is 1.66 bits per heavy atom. The van der Waals surface area contributed by atoms with Crippen molar-refractivity contribution < 1.29 is 9.18 Å². The highest BCUT2D eigenvalue weighted by molar-refractivity contribution is 6.12. The van der Waals surface area contributed by atoms with E-state index in [1.807, 2.05) is 41.9 Å². The Morgan fingerprint density at radius 1 is 1.00 bits per heavy atom. The van der Waals surface area contributed by atoms with Crippen molar-refractivity contribution in [2.75, 3.05) is 7.05 Å². The molecule has 150 valence electrons. The molecule has 5 heteroatoms. The summed E-state index contributed by atoms with van der Waals surface area (Å²) in [6.07, 6.45) is 4.39. The highest BCUT2D eigenvalue weighted by Gasteiger charge is 2.39. The van der Waals surface area contributed by atoms with Crippen molar-refractivity contribution in [3.05, 3.63) is 59.9 Å². The van der Waals surface area contributed by atoms with Gasteiger partial charge >= 0.3 is 0 Å². The summed E-state index contributed by atoms with van der Waals surface area (Å²) in [6, 6.07) is 15.8. The Bertz CT molecular complexity index is 1070. The average molecular weight is 391 g/mol. The van der Waals surface area contributed by atoms with Gasteiger partial charge in [0.05, 0.1) is 11.3 Å². The van der Waals surface area contributed by atoms with Gasteiger partial charge in [-0.25, -0.2) is 4.39 Å². The fourth-order valence-electron chi connectivity index (χ4n) is 5.38. The highest BCUT2D eigenvalue weighted by Crippen LogP contribution is 2.36. The van der Waals surface area contributed by atoms with Gasteiger partial charge in [-0.1, -0.05) is 30.3 Å². The maximum atomic E-state index is 14.7. The minimum absolute atomic E-state index is 0.103. The summed E-state index contributed by atoms with van der Waals surface area (Å²) in [5.74, 6) is -0.418. The lowest BCUT2D eigenvalue weighted by Crippen LogP contribution is -2.48. The molecular weight excluding hydrogens is 365 g/mol. The van der Waals surface area contributed by atoms with Crippen LogP contribution in [0.4, 0.5) is 4.39 Å². The van der Waals surface area contributed by atoms with Crippen LogP contribution in [0, 0.1) is 5.82 Å². The molecule has 0 aliphatic carbocycles. The van der Waals surface area contributed by atoms with E-state index in [-0.39, 0.29) is 17.8 Å². The van der Waals surface area contributed by atoms with Crippen molar-refractivity contribution in [2.45, 2.75) is 43.8 Å². The molecule has 1 unspecified atom stereocenters. The summed E-state index contributed by atoms with van der Waals surface area (Å²) in [5, 5.41) is 4.15. The Morgan fingerprint density at radius 3 is 2.38 bits per heavy atom. The van der Waals surface area contributed by atoms with E-state index in [1.54, 1.807) is 12.1 Å². The van der Waals surface area contributed by atoms with E-state index in [9.17, 15) is 9.18 Å². The number of halogens is 1. The topological polar surface area (TPSA) is 37.3 Å². The second-order valence-electron chi connectivity index (χ2n) is 8.47. The van der Waals surface area contributed by atoms with Crippen molar-refractivity contribution in [1.29, 1.82) is 0 Å². The van der Waals surface area contributed by atoms with E-state index in [1.165, 1.54) is 18.9 Å². The molecule has 2 aliphatic heterocycles. The van der Waals surface area contributed by atoms with Gasteiger partial charge in [-0.05, 0) is 50.9 Å². The molecule has 29 heavy (non-hydrogen) atoms. The molecule has 2 bridgehead atoms. The standard InChI is InChI=1S/C24H26FN3O/c1-27-16-11-12-17(27)14-15(13-16)26-24(29)22-19-8-4-6-10-21(19)28(2)23(22)18-7-3-5-9-20(18)25/h3-10,15-17H,11-14H2,1-2H3,(H,26,29)/t15?,16-,17+. The predicted molar refractivity (Wildman–Crippen MR) is 113 cm³/mol. The third-order valence-electron chi connectivity index (χ3n) is 6.90. The van der Waals surface area contributed by atoms with Gasteiger partial charge in [-0.15, -0.1) is 0 Å². The third-order valence-corrected chi connectivity index (χ3v) is 6.90. The zero-order valence-electron chi connectivity index (χ0n) is 16.9. The van der Waals surface area contributed by atoms with Gasteiger partial charge in [0.25, 0.3) is 5.91 Å². The van der Waals surface area contributed by atoms with Crippen LogP contribution in [-0.4, -0.2) is 40.5 Å². The minimum atomic E-state index is -0.315. The van der Waals surface area contributed by atoms with Crippen LogP contribution in [0.15, 0.2) is 48.5 Å². The molecule has 2 aliphatic rings. The first kappa shape index (κ1) is 18.4. The number of nitrogens with one attached hydrogen (secondary N) is 1. The quantitative estimate of drug-likeness (QED) is 0.721. The zero-order valence-corrected chi connectivity index (χ0v) is 16.9. The summed E-state index contributed by atoms with van der Waals surface area (Å²) in [6.45, 7) is 0. The molecule has 3 heterocycles. The Labute approximate surface area is 170 Å². The lowest BCUT2D eigenvalue weighted by molar-refractivity contribution is 0.0884. The molecule has 1 aromatic heterocycles. The number of hydrogen-bond acceptors (Lipinski definition) is 2. The average Bonchev–Trinajstić information content (AvgIpc) is 3.10. The van der Waals surface area contributed by atoms with Gasteiger partial charge in [0.2, 0.25) is 0 Å². The van der Waals surface area contributed by atoms with E-state index in [0.717, 1.165) is 23.7 Å². The molecule has 1 amide bonds. The molecule has 5 rings (SSSR count). The molecule has 2 fully saturated rings. The molecule has 3 atom stereocenters. The van der Waals surface area contributed by atoms with Gasteiger partial charge < -0.3 is 14.8 Å². The van der Waals surface area contributed by atoms with Gasteiger partial charge in [-0.2, -0.15) is 0 Å². The van der Waals surface area contributed by atoms with Crippen LogP contribution in [0.25, 0.3) is 22.2 Å². The Hall–Kier alpha value is -2.66. The summed E-state index contributed by atoms with van der Waals surface area (Å²) >= 11 is 0. The number of hydrogen-bond donors (Lipinski definition) is 1. The maximum Gasteiger partial charge on any atom is 0.254 e. The van der Waals surface area contributed by atoms with Crippen molar-refractivity contribution in [2.24, 2.45) is 7.05 Å². The molecular formula is C24H26FN3O. The number of rotatable bonds is 3. The lowest BCUT2D eigenvalue weighted by Gasteiger charge is -2.36. The molecule has 1 N–H and O–H groups in total. The Balaban J connectivity index is 1.56. The van der Waals surface area contributed by atoms with E-state index < -0.39 is 0 Å². The number of amides is 1. The molecule has 2 saturated heterocycles. The van der Waals surface area contributed by atoms with Gasteiger partial charge in [0.15, 0.2) is 0 Å². The number of nitrogens with zero attached hydrogens (tertiary/aromatic N) is 2. The van der Waals surface area contributed by atoms with Gasteiger partial charge in [-0.3, -0.25) is 4.79 Å². The number of aryl methyl sites for hydroxylation is 1. The van der Waals surface area contributed by atoms with Crippen LogP contribution in [0.2, 0.25) is 0 Å². The largest absolute Gasteiger partial charge is 0.349 e. The fraction of sp³-hybridized carbons (Fsp3) is 0.375. The molecule has 0 radical (unpaired) electrons. The van der Waals surface area contributed by atoms with E-state index in [4.69, 9.17) is 0 Å². The number of carbonyl (C=O) groups excluding carboxylic acids is 1. The fourth-order valence-corrected chi connectivity index (χ4v) is 5.38. The number of benzene rings is 2. The molecule has 4 nitrogen and oxygen atoms in total. The monoisotopic (exact) mass is 391 g/mol. The number of aromatic nitrogens is 1. The van der Waals surface area contributed by atoms with Crippen LogP contribution in [0.5, 0.6) is 0 Å². The number of carbonyl (C=O) groups is 1. The molecule has 0 spiro atoms. The summed E-state index contributed by atoms with van der Waals surface area (Å²) < 4.78 is 16.6. The summed E-state index contributed by atoms with van der Waals surface area (Å²) in [5.41, 5.74) is 2.59. The zero-order chi connectivity index (χ0) is 20.1. The van der Waals surface area contributed by atoms with Crippen LogP contribution in [-0.2, 0) is 7.05 Å². The third kappa shape index (κ3) is 2.96. The predicted octanol–water partition coefficient (Wildman–Crippen LogP) is 4.34. The first-order valence-electron chi connectivity index (χ1n) is 10.4. The van der Waals surface area contributed by atoms with Crippen LogP contribution < -0.4 is 5.32 Å². The molecule has 2 aromatic carbocycles. The number of fused-ring (bicyclic) bond motifs is 3. The first-order chi connectivity index (χ1) is 14.0. The Kier molecular flexibility index (Phi) is 4.43. The SMILES string of the molecule is CN1[C@@H]2CC[C@H]1CC(NC(=O)c1c(-c3ccccc3F)n(C)c3ccccc13)C2. The van der Waals surface area contributed by atoms with Crippen molar-refractivity contribution >= 4 is 16.8 Å².